The number of hydrogen-bond donors (Lipinski definition) is 0. The number of carbonyl (C=O) groups is 1. The van der Waals surface area contributed by atoms with E-state index < -0.39 is 0 Å². The van der Waals surface area contributed by atoms with E-state index in [1.54, 1.807) is 10.8 Å². The van der Waals surface area contributed by atoms with Crippen LogP contribution in [0.5, 0.6) is 0 Å². The predicted octanol–water partition coefficient (Wildman–Crippen LogP) is 2.08. The van der Waals surface area contributed by atoms with E-state index >= 15 is 0 Å². The van der Waals surface area contributed by atoms with Crippen LogP contribution in [0.1, 0.15) is 19.3 Å². The lowest BCUT2D eigenvalue weighted by Gasteiger charge is -2.00. The van der Waals surface area contributed by atoms with Gasteiger partial charge in [-0.25, -0.2) is 0 Å². The summed E-state index contributed by atoms with van der Waals surface area (Å²) in [6.45, 7) is 0. The highest BCUT2D eigenvalue weighted by Crippen LogP contribution is 2.50. The van der Waals surface area contributed by atoms with Gasteiger partial charge in [0.05, 0.1) is 0 Å². The van der Waals surface area contributed by atoms with Crippen LogP contribution in [0.4, 0.5) is 0 Å². The first-order valence-electron chi connectivity index (χ1n) is 3.25. The summed E-state index contributed by atoms with van der Waals surface area (Å²) in [7, 11) is 3.26. The topological polar surface area (TPSA) is 17.1 Å². The van der Waals surface area contributed by atoms with Crippen molar-refractivity contribution in [1.82, 2.24) is 0 Å². The maximum absolute atomic E-state index is 11.0. The smallest absolute Gasteiger partial charge is 0.203 e. The molecule has 1 aliphatic carbocycles. The lowest BCUT2D eigenvalue weighted by atomic mass is 10.1. The molecule has 2 fully saturated rings. The molecule has 1 nitrogen and oxygen atoms in total. The lowest BCUT2D eigenvalue weighted by molar-refractivity contribution is -0.113. The van der Waals surface area contributed by atoms with Crippen LogP contribution in [-0.2, 0) is 4.79 Å². The van der Waals surface area contributed by atoms with Gasteiger partial charge in [0.25, 0.3) is 0 Å². The SMILES string of the molecule is O=C1SSC2CCCC12. The second-order valence-corrected chi connectivity index (χ2v) is 5.02. The van der Waals surface area contributed by atoms with Gasteiger partial charge < -0.3 is 0 Å². The molecule has 1 saturated heterocycles. The Morgan fingerprint density at radius 2 is 2.33 bits per heavy atom. The average Bonchev–Trinajstić information content (AvgIpc) is 2.35. The van der Waals surface area contributed by atoms with Gasteiger partial charge in [-0.2, -0.15) is 0 Å². The van der Waals surface area contributed by atoms with Crippen molar-refractivity contribution in [3.05, 3.63) is 0 Å². The van der Waals surface area contributed by atoms with E-state index in [-0.39, 0.29) is 0 Å². The predicted molar refractivity (Wildman–Crippen MR) is 41.3 cm³/mol. The Bertz CT molecular complexity index is 146. The second-order valence-electron chi connectivity index (χ2n) is 2.57. The molecule has 0 aromatic rings. The van der Waals surface area contributed by atoms with Crippen molar-refractivity contribution in [2.75, 3.05) is 0 Å². The number of fused-ring (bicyclic) bond motifs is 1. The first-order valence-corrected chi connectivity index (χ1v) is 5.46. The van der Waals surface area contributed by atoms with Crippen LogP contribution in [0.25, 0.3) is 0 Å². The van der Waals surface area contributed by atoms with Crippen LogP contribution in [0.15, 0.2) is 0 Å². The molecule has 1 aliphatic heterocycles. The van der Waals surface area contributed by atoms with Crippen molar-refractivity contribution >= 4 is 26.7 Å². The zero-order chi connectivity index (χ0) is 6.27. The van der Waals surface area contributed by atoms with Crippen molar-refractivity contribution in [3.8, 4) is 0 Å². The average molecular weight is 160 g/mol. The van der Waals surface area contributed by atoms with Crippen LogP contribution in [0.3, 0.4) is 0 Å². The molecule has 2 unspecified atom stereocenters. The van der Waals surface area contributed by atoms with E-state index in [9.17, 15) is 4.79 Å². The van der Waals surface area contributed by atoms with Gasteiger partial charge in [0.1, 0.15) is 0 Å². The van der Waals surface area contributed by atoms with Crippen molar-refractivity contribution in [1.29, 1.82) is 0 Å². The minimum atomic E-state index is 0.431. The zero-order valence-electron chi connectivity index (χ0n) is 5.00. The van der Waals surface area contributed by atoms with E-state index in [4.69, 9.17) is 0 Å². The van der Waals surface area contributed by atoms with Crippen LogP contribution >= 0.6 is 21.6 Å². The highest BCUT2D eigenvalue weighted by Gasteiger charge is 2.39. The minimum Gasteiger partial charge on any atom is -0.286 e. The van der Waals surface area contributed by atoms with Crippen molar-refractivity contribution in [2.24, 2.45) is 5.92 Å². The molecule has 0 aromatic carbocycles. The van der Waals surface area contributed by atoms with E-state index in [0.29, 0.717) is 16.3 Å². The Balaban J connectivity index is 2.15. The Morgan fingerprint density at radius 1 is 1.44 bits per heavy atom. The molecule has 50 valence electrons. The molecule has 9 heavy (non-hydrogen) atoms. The van der Waals surface area contributed by atoms with Crippen LogP contribution in [-0.4, -0.2) is 10.4 Å². The first-order chi connectivity index (χ1) is 4.38. The Hall–Kier alpha value is 0.370. The molecule has 3 heteroatoms. The Kier molecular flexibility index (Phi) is 1.49. The molecule has 2 rings (SSSR count). The van der Waals surface area contributed by atoms with E-state index in [2.05, 4.69) is 0 Å². The standard InChI is InChI=1S/C6H8OS2/c7-6-4-2-1-3-5(4)8-9-6/h4-5H,1-3H2. The fourth-order valence-electron chi connectivity index (χ4n) is 1.48. The highest BCUT2D eigenvalue weighted by atomic mass is 33.1. The number of carbonyl (C=O) groups excluding carboxylic acids is 1. The molecule has 1 saturated carbocycles. The Labute approximate surface area is 62.4 Å². The largest absolute Gasteiger partial charge is 0.286 e. The van der Waals surface area contributed by atoms with Gasteiger partial charge in [-0.15, -0.1) is 0 Å². The summed E-state index contributed by atoms with van der Waals surface area (Å²) in [6, 6.07) is 0. The summed E-state index contributed by atoms with van der Waals surface area (Å²) < 4.78 is 0. The molecular formula is C6H8OS2. The third kappa shape index (κ3) is 0.905. The van der Waals surface area contributed by atoms with Gasteiger partial charge in [0.15, 0.2) is 0 Å². The molecule has 0 N–H and O–H groups in total. The van der Waals surface area contributed by atoms with Gasteiger partial charge in [-0.1, -0.05) is 17.2 Å². The molecule has 0 spiro atoms. The van der Waals surface area contributed by atoms with Crippen molar-refractivity contribution in [2.45, 2.75) is 24.5 Å². The molecular weight excluding hydrogens is 152 g/mol. The monoisotopic (exact) mass is 160 g/mol. The number of hydrogen-bond acceptors (Lipinski definition) is 3. The summed E-state index contributed by atoms with van der Waals surface area (Å²) in [6.07, 6.45) is 3.70. The van der Waals surface area contributed by atoms with Crippen LogP contribution in [0.2, 0.25) is 0 Å². The summed E-state index contributed by atoms with van der Waals surface area (Å²) in [5, 5.41) is 1.12. The maximum atomic E-state index is 11.0. The van der Waals surface area contributed by atoms with Gasteiger partial charge in [-0.3, -0.25) is 4.79 Å². The molecule has 1 heterocycles. The quantitative estimate of drug-likeness (QED) is 0.505. The van der Waals surface area contributed by atoms with E-state index in [1.165, 1.54) is 23.6 Å². The van der Waals surface area contributed by atoms with E-state index in [1.807, 2.05) is 0 Å². The van der Waals surface area contributed by atoms with Gasteiger partial charge in [0.2, 0.25) is 5.12 Å². The fraction of sp³-hybridized carbons (Fsp3) is 0.833. The second kappa shape index (κ2) is 2.20. The normalized spacial score (nSPS) is 41.6. The van der Waals surface area contributed by atoms with Crippen LogP contribution < -0.4 is 0 Å². The Morgan fingerprint density at radius 3 is 3.11 bits per heavy atom. The molecule has 0 radical (unpaired) electrons. The van der Waals surface area contributed by atoms with Gasteiger partial charge in [-0.05, 0) is 23.6 Å². The third-order valence-corrected chi connectivity index (χ3v) is 4.91. The van der Waals surface area contributed by atoms with Crippen LogP contribution in [0, 0.1) is 5.92 Å². The summed E-state index contributed by atoms with van der Waals surface area (Å²) in [5.74, 6) is 0.431. The summed E-state index contributed by atoms with van der Waals surface area (Å²) in [5.41, 5.74) is 0. The third-order valence-electron chi connectivity index (χ3n) is 2.01. The van der Waals surface area contributed by atoms with Crippen molar-refractivity contribution < 1.29 is 4.79 Å². The summed E-state index contributed by atoms with van der Waals surface area (Å²) >= 11 is 0. The fourth-order valence-corrected chi connectivity index (χ4v) is 4.57. The molecule has 2 aliphatic rings. The molecule has 0 amide bonds. The van der Waals surface area contributed by atoms with Crippen molar-refractivity contribution in [3.63, 3.8) is 0 Å². The number of rotatable bonds is 0. The van der Waals surface area contributed by atoms with Gasteiger partial charge in [0, 0.05) is 11.2 Å². The molecule has 2 atom stereocenters. The summed E-state index contributed by atoms with van der Waals surface area (Å²) in [4.78, 5) is 11.0. The minimum absolute atomic E-state index is 0.431. The maximum Gasteiger partial charge on any atom is 0.203 e. The first kappa shape index (κ1) is 6.10. The van der Waals surface area contributed by atoms with Gasteiger partial charge >= 0.3 is 0 Å². The zero-order valence-corrected chi connectivity index (χ0v) is 6.63. The lowest BCUT2D eigenvalue weighted by Crippen LogP contribution is -2.09. The molecule has 0 aromatic heterocycles. The van der Waals surface area contributed by atoms with E-state index in [0.717, 1.165) is 6.42 Å². The highest BCUT2D eigenvalue weighted by molar-refractivity contribution is 8.83. The molecule has 0 bridgehead atoms.